The molecular formula is C16H18FNO3. The summed E-state index contributed by atoms with van der Waals surface area (Å²) in [7, 11) is 0. The van der Waals surface area contributed by atoms with Crippen LogP contribution in [0.3, 0.4) is 0 Å². The SMILES string of the molecule is O=C1CC(Oc2ccc(F)cc2)C(=O)N1C1CCCCC1. The first-order chi connectivity index (χ1) is 10.1. The lowest BCUT2D eigenvalue weighted by atomic mass is 9.94. The number of likely N-dealkylation sites (tertiary alicyclic amines) is 1. The third-order valence-corrected chi connectivity index (χ3v) is 4.17. The number of hydrogen-bond donors (Lipinski definition) is 0. The molecular weight excluding hydrogens is 273 g/mol. The Kier molecular flexibility index (Phi) is 3.90. The van der Waals surface area contributed by atoms with Crippen molar-refractivity contribution in [3.63, 3.8) is 0 Å². The van der Waals surface area contributed by atoms with Gasteiger partial charge >= 0.3 is 0 Å². The van der Waals surface area contributed by atoms with Crippen molar-refractivity contribution in [1.29, 1.82) is 0 Å². The molecule has 0 spiro atoms. The number of imide groups is 1. The van der Waals surface area contributed by atoms with E-state index in [9.17, 15) is 14.0 Å². The molecule has 21 heavy (non-hydrogen) atoms. The van der Waals surface area contributed by atoms with Crippen LogP contribution in [0.2, 0.25) is 0 Å². The number of hydrogen-bond acceptors (Lipinski definition) is 3. The molecule has 0 bridgehead atoms. The molecule has 2 fully saturated rings. The summed E-state index contributed by atoms with van der Waals surface area (Å²) in [5, 5.41) is 0. The summed E-state index contributed by atoms with van der Waals surface area (Å²) in [6.45, 7) is 0. The van der Waals surface area contributed by atoms with Crippen molar-refractivity contribution < 1.29 is 18.7 Å². The second-order valence-corrected chi connectivity index (χ2v) is 5.66. The van der Waals surface area contributed by atoms with Gasteiger partial charge in [0.1, 0.15) is 11.6 Å². The molecule has 1 saturated carbocycles. The van der Waals surface area contributed by atoms with Crippen molar-refractivity contribution in [3.8, 4) is 5.75 Å². The van der Waals surface area contributed by atoms with Crippen LogP contribution >= 0.6 is 0 Å². The molecule has 4 nitrogen and oxygen atoms in total. The van der Waals surface area contributed by atoms with Crippen LogP contribution in [0.15, 0.2) is 24.3 Å². The average molecular weight is 291 g/mol. The van der Waals surface area contributed by atoms with Crippen LogP contribution in [-0.4, -0.2) is 28.9 Å². The summed E-state index contributed by atoms with van der Waals surface area (Å²) < 4.78 is 18.4. The van der Waals surface area contributed by atoms with Gasteiger partial charge < -0.3 is 4.74 Å². The topological polar surface area (TPSA) is 46.6 Å². The van der Waals surface area contributed by atoms with E-state index in [4.69, 9.17) is 4.74 Å². The fraction of sp³-hybridized carbons (Fsp3) is 0.500. The molecule has 3 rings (SSSR count). The van der Waals surface area contributed by atoms with Crippen molar-refractivity contribution in [3.05, 3.63) is 30.1 Å². The van der Waals surface area contributed by atoms with Crippen LogP contribution in [0.25, 0.3) is 0 Å². The number of carbonyl (C=O) groups excluding carboxylic acids is 2. The summed E-state index contributed by atoms with van der Waals surface area (Å²) in [4.78, 5) is 25.9. The summed E-state index contributed by atoms with van der Waals surface area (Å²) >= 11 is 0. The number of rotatable bonds is 3. The Morgan fingerprint density at radius 3 is 2.38 bits per heavy atom. The maximum Gasteiger partial charge on any atom is 0.271 e. The quantitative estimate of drug-likeness (QED) is 0.804. The Hall–Kier alpha value is -1.91. The van der Waals surface area contributed by atoms with Gasteiger partial charge in [-0.2, -0.15) is 0 Å². The van der Waals surface area contributed by atoms with Crippen LogP contribution < -0.4 is 4.74 Å². The maximum atomic E-state index is 12.9. The predicted octanol–water partition coefficient (Wildman–Crippen LogP) is 2.66. The van der Waals surface area contributed by atoms with Crippen LogP contribution in [0, 0.1) is 5.82 Å². The Morgan fingerprint density at radius 1 is 1.05 bits per heavy atom. The monoisotopic (exact) mass is 291 g/mol. The highest BCUT2D eigenvalue weighted by atomic mass is 19.1. The highest BCUT2D eigenvalue weighted by Crippen LogP contribution is 2.29. The first kappa shape index (κ1) is 14.0. The molecule has 1 aliphatic carbocycles. The van der Waals surface area contributed by atoms with E-state index in [2.05, 4.69) is 0 Å². The highest BCUT2D eigenvalue weighted by Gasteiger charge is 2.43. The van der Waals surface area contributed by atoms with E-state index in [1.54, 1.807) is 0 Å². The van der Waals surface area contributed by atoms with E-state index < -0.39 is 6.10 Å². The largest absolute Gasteiger partial charge is 0.480 e. The summed E-state index contributed by atoms with van der Waals surface area (Å²) in [5.41, 5.74) is 0. The molecule has 112 valence electrons. The standard InChI is InChI=1S/C16H18FNO3/c17-11-6-8-13(9-7-11)21-14-10-15(19)18(16(14)20)12-4-2-1-3-5-12/h6-9,12,14H,1-5,10H2. The number of halogens is 1. The van der Waals surface area contributed by atoms with Gasteiger partial charge in [-0.15, -0.1) is 0 Å². The molecule has 1 saturated heterocycles. The lowest BCUT2D eigenvalue weighted by Crippen LogP contribution is -2.42. The van der Waals surface area contributed by atoms with Gasteiger partial charge in [0, 0.05) is 6.04 Å². The van der Waals surface area contributed by atoms with E-state index in [0.717, 1.165) is 25.7 Å². The van der Waals surface area contributed by atoms with Gasteiger partial charge in [0.25, 0.3) is 5.91 Å². The number of amides is 2. The average Bonchev–Trinajstić information content (AvgIpc) is 2.77. The Bertz CT molecular complexity index is 537. The zero-order valence-electron chi connectivity index (χ0n) is 11.8. The van der Waals surface area contributed by atoms with Crippen LogP contribution in [0.4, 0.5) is 4.39 Å². The Labute approximate surface area is 122 Å². The van der Waals surface area contributed by atoms with Crippen molar-refractivity contribution >= 4 is 11.8 Å². The van der Waals surface area contributed by atoms with Gasteiger partial charge in [0.2, 0.25) is 5.91 Å². The van der Waals surface area contributed by atoms with Gasteiger partial charge in [0.05, 0.1) is 6.42 Å². The van der Waals surface area contributed by atoms with Crippen molar-refractivity contribution in [2.24, 2.45) is 0 Å². The summed E-state index contributed by atoms with van der Waals surface area (Å²) in [6.07, 6.45) is 4.37. The molecule has 0 radical (unpaired) electrons. The fourth-order valence-electron chi connectivity index (χ4n) is 3.11. The third-order valence-electron chi connectivity index (χ3n) is 4.17. The lowest BCUT2D eigenvalue weighted by molar-refractivity contribution is -0.143. The van der Waals surface area contributed by atoms with Crippen LogP contribution in [0.5, 0.6) is 5.75 Å². The molecule has 1 atom stereocenters. The number of carbonyl (C=O) groups is 2. The third kappa shape index (κ3) is 2.91. The molecule has 5 heteroatoms. The number of benzene rings is 1. The Morgan fingerprint density at radius 2 is 1.71 bits per heavy atom. The maximum absolute atomic E-state index is 12.9. The number of nitrogens with zero attached hydrogens (tertiary/aromatic N) is 1. The zero-order chi connectivity index (χ0) is 14.8. The van der Waals surface area contributed by atoms with Gasteiger partial charge in [-0.05, 0) is 37.1 Å². The van der Waals surface area contributed by atoms with Gasteiger partial charge in [-0.25, -0.2) is 4.39 Å². The van der Waals surface area contributed by atoms with Crippen molar-refractivity contribution in [2.75, 3.05) is 0 Å². The summed E-state index contributed by atoms with van der Waals surface area (Å²) in [5.74, 6) is -0.358. The van der Waals surface area contributed by atoms with Crippen LogP contribution in [0.1, 0.15) is 38.5 Å². The summed E-state index contributed by atoms with van der Waals surface area (Å²) in [6, 6.07) is 5.51. The van der Waals surface area contributed by atoms with Crippen LogP contribution in [-0.2, 0) is 9.59 Å². The van der Waals surface area contributed by atoms with E-state index >= 15 is 0 Å². The minimum atomic E-state index is -0.773. The van der Waals surface area contributed by atoms with E-state index in [1.165, 1.54) is 35.6 Å². The highest BCUT2D eigenvalue weighted by molar-refractivity contribution is 6.05. The molecule has 2 aliphatic rings. The molecule has 1 heterocycles. The first-order valence-corrected chi connectivity index (χ1v) is 7.43. The second kappa shape index (κ2) is 5.84. The molecule has 0 N–H and O–H groups in total. The molecule has 1 aromatic carbocycles. The molecule has 0 aromatic heterocycles. The van der Waals surface area contributed by atoms with Gasteiger partial charge in [-0.1, -0.05) is 19.3 Å². The first-order valence-electron chi connectivity index (χ1n) is 7.43. The van der Waals surface area contributed by atoms with Gasteiger partial charge in [0.15, 0.2) is 6.10 Å². The zero-order valence-corrected chi connectivity index (χ0v) is 11.8. The van der Waals surface area contributed by atoms with E-state index in [1.807, 2.05) is 0 Å². The van der Waals surface area contributed by atoms with Gasteiger partial charge in [-0.3, -0.25) is 14.5 Å². The second-order valence-electron chi connectivity index (χ2n) is 5.66. The lowest BCUT2D eigenvalue weighted by Gasteiger charge is -2.29. The minimum Gasteiger partial charge on any atom is -0.480 e. The minimum absolute atomic E-state index is 0.0283. The van der Waals surface area contributed by atoms with Crippen molar-refractivity contribution in [1.82, 2.24) is 4.90 Å². The predicted molar refractivity (Wildman–Crippen MR) is 74.2 cm³/mol. The fourth-order valence-corrected chi connectivity index (χ4v) is 3.11. The molecule has 1 unspecified atom stereocenters. The molecule has 1 aliphatic heterocycles. The molecule has 2 amide bonds. The van der Waals surface area contributed by atoms with E-state index in [0.29, 0.717) is 5.75 Å². The van der Waals surface area contributed by atoms with E-state index in [-0.39, 0.29) is 30.1 Å². The van der Waals surface area contributed by atoms with Crippen molar-refractivity contribution in [2.45, 2.75) is 50.7 Å². The number of ether oxygens (including phenoxy) is 1. The molecule has 1 aromatic rings. The smallest absolute Gasteiger partial charge is 0.271 e. The normalized spacial score (nSPS) is 23.7. The Balaban J connectivity index is 1.69.